The Labute approximate surface area is 139 Å². The number of quaternary nitrogens is 2. The fourth-order valence-electron chi connectivity index (χ4n) is 2.39. The average molecular weight is 334 g/mol. The lowest BCUT2D eigenvalue weighted by molar-refractivity contribution is -0.728. The molecule has 4 nitrogen and oxygen atoms in total. The highest BCUT2D eigenvalue weighted by Gasteiger charge is 2.20. The number of aliphatic imine (C=N–C) groups is 1. The second-order valence-corrected chi connectivity index (χ2v) is 5.12. The topological polar surface area (TPSA) is 42.6 Å². The number of rotatable bonds is 8. The Hall–Kier alpha value is -0.650. The summed E-state index contributed by atoms with van der Waals surface area (Å²) in [6.45, 7) is 6.48. The van der Waals surface area contributed by atoms with E-state index in [4.69, 9.17) is 4.74 Å². The summed E-state index contributed by atoms with van der Waals surface area (Å²) in [5.74, 6) is 0. The highest BCUT2D eigenvalue weighted by atomic mass is 35.5. The first-order valence-corrected chi connectivity index (χ1v) is 7.13. The van der Waals surface area contributed by atoms with Gasteiger partial charge in [0.15, 0.2) is 12.0 Å². The van der Waals surface area contributed by atoms with Crippen molar-refractivity contribution in [3.8, 4) is 0 Å². The van der Waals surface area contributed by atoms with E-state index in [-0.39, 0.29) is 24.8 Å². The number of methoxy groups -OCH3 is 1. The van der Waals surface area contributed by atoms with Crippen LogP contribution in [0.15, 0.2) is 23.2 Å². The molecule has 1 heterocycles. The number of nitrogens with one attached hydrogen (secondary N) is 1. The summed E-state index contributed by atoms with van der Waals surface area (Å²) in [5, 5.41) is 2.38. The summed E-state index contributed by atoms with van der Waals surface area (Å²) in [6, 6.07) is 6.49. The van der Waals surface area contributed by atoms with Crippen molar-refractivity contribution in [3.63, 3.8) is 0 Å². The maximum Gasteiger partial charge on any atom is 0.194 e. The molecule has 0 radical (unpaired) electrons. The van der Waals surface area contributed by atoms with Gasteiger partial charge in [0.25, 0.3) is 0 Å². The lowest BCUT2D eigenvalue weighted by Crippen LogP contribution is -3.05. The van der Waals surface area contributed by atoms with Gasteiger partial charge in [-0.3, -0.25) is 4.90 Å². The van der Waals surface area contributed by atoms with E-state index in [1.54, 1.807) is 7.11 Å². The molecular weight excluding hydrogens is 309 g/mol. The fourth-order valence-corrected chi connectivity index (χ4v) is 2.39. The molecule has 21 heavy (non-hydrogen) atoms. The van der Waals surface area contributed by atoms with E-state index in [0.29, 0.717) is 0 Å². The molecule has 1 aromatic rings. The van der Waals surface area contributed by atoms with Crippen LogP contribution >= 0.6 is 0 Å². The van der Waals surface area contributed by atoms with E-state index in [9.17, 15) is 0 Å². The van der Waals surface area contributed by atoms with E-state index in [1.165, 1.54) is 29.1 Å². The SMILES string of the molecule is COCCC[NH2+]CCC[NH+]1C=Nc2ccc(C)cc21.[Cl-].[Cl-]. The van der Waals surface area contributed by atoms with Crippen LogP contribution in [-0.2, 0) is 4.74 Å². The van der Waals surface area contributed by atoms with Gasteiger partial charge in [-0.05, 0) is 18.6 Å². The Balaban J connectivity index is 0.00000200. The Kier molecular flexibility index (Phi) is 10.6. The van der Waals surface area contributed by atoms with Crippen molar-refractivity contribution < 1.29 is 39.8 Å². The van der Waals surface area contributed by atoms with Crippen molar-refractivity contribution >= 4 is 17.7 Å². The van der Waals surface area contributed by atoms with Crippen LogP contribution in [0, 0.1) is 6.92 Å². The molecule has 0 saturated carbocycles. The molecule has 1 aliphatic heterocycles. The Morgan fingerprint density at radius 3 is 2.71 bits per heavy atom. The van der Waals surface area contributed by atoms with E-state index >= 15 is 0 Å². The van der Waals surface area contributed by atoms with E-state index in [0.717, 1.165) is 31.8 Å². The first kappa shape index (κ1) is 20.3. The molecule has 6 heteroatoms. The van der Waals surface area contributed by atoms with Crippen molar-refractivity contribution in [2.24, 2.45) is 4.99 Å². The molecule has 1 aliphatic rings. The van der Waals surface area contributed by atoms with Gasteiger partial charge in [-0.2, -0.15) is 4.99 Å². The van der Waals surface area contributed by atoms with Gasteiger partial charge in [0, 0.05) is 26.0 Å². The molecule has 0 bridgehead atoms. The van der Waals surface area contributed by atoms with Gasteiger partial charge in [0.2, 0.25) is 0 Å². The lowest BCUT2D eigenvalue weighted by Gasteiger charge is -2.10. The van der Waals surface area contributed by atoms with Gasteiger partial charge in [-0.1, -0.05) is 6.07 Å². The second kappa shape index (κ2) is 11.0. The number of hydrogen-bond acceptors (Lipinski definition) is 2. The number of aryl methyl sites for hydroxylation is 1. The molecule has 3 N–H and O–H groups in total. The lowest BCUT2D eigenvalue weighted by atomic mass is 10.2. The van der Waals surface area contributed by atoms with Crippen LogP contribution < -0.4 is 35.0 Å². The molecule has 0 spiro atoms. The Bertz CT molecular complexity index is 441. The maximum absolute atomic E-state index is 5.04. The third kappa shape index (κ3) is 6.32. The third-order valence-electron chi connectivity index (χ3n) is 3.47. The van der Waals surface area contributed by atoms with Gasteiger partial charge in [-0.25, -0.2) is 0 Å². The normalized spacial score (nSPS) is 15.2. The predicted molar refractivity (Wildman–Crippen MR) is 77.6 cm³/mol. The summed E-state index contributed by atoms with van der Waals surface area (Å²) >= 11 is 0. The quantitative estimate of drug-likeness (QED) is 0.457. The largest absolute Gasteiger partial charge is 1.00 e. The van der Waals surface area contributed by atoms with Crippen molar-refractivity contribution in [2.75, 3.05) is 33.4 Å². The van der Waals surface area contributed by atoms with Crippen LogP contribution in [-0.4, -0.2) is 39.7 Å². The maximum atomic E-state index is 5.04. The second-order valence-electron chi connectivity index (χ2n) is 5.12. The molecule has 1 aromatic carbocycles. The number of nitrogens with zero attached hydrogens (tertiary/aromatic N) is 1. The number of hydrogen-bond donors (Lipinski definition) is 2. The van der Waals surface area contributed by atoms with Crippen molar-refractivity contribution in [3.05, 3.63) is 23.8 Å². The molecule has 0 fully saturated rings. The Morgan fingerprint density at radius 2 is 1.95 bits per heavy atom. The summed E-state index contributed by atoms with van der Waals surface area (Å²) in [7, 11) is 1.76. The predicted octanol–water partition coefficient (Wildman–Crippen LogP) is -5.82. The van der Waals surface area contributed by atoms with Gasteiger partial charge >= 0.3 is 0 Å². The smallest absolute Gasteiger partial charge is 0.194 e. The van der Waals surface area contributed by atoms with Gasteiger partial charge in [0.1, 0.15) is 5.69 Å². The Morgan fingerprint density at radius 1 is 1.19 bits per heavy atom. The first-order valence-electron chi connectivity index (χ1n) is 7.13. The van der Waals surface area contributed by atoms with Gasteiger partial charge < -0.3 is 34.9 Å². The molecule has 0 saturated heterocycles. The number of fused-ring (bicyclic) bond motifs is 1. The van der Waals surface area contributed by atoms with Crippen LogP contribution in [0.2, 0.25) is 0 Å². The summed E-state index contributed by atoms with van der Waals surface area (Å²) in [5.41, 5.74) is 3.77. The van der Waals surface area contributed by atoms with Crippen LogP contribution in [0.4, 0.5) is 11.4 Å². The van der Waals surface area contributed by atoms with Crippen molar-refractivity contribution in [2.45, 2.75) is 19.8 Å². The number of halogens is 2. The van der Waals surface area contributed by atoms with Gasteiger partial charge in [0.05, 0.1) is 26.2 Å². The molecule has 1 unspecified atom stereocenters. The number of ether oxygens (including phenoxy) is 1. The molecule has 0 aliphatic carbocycles. The van der Waals surface area contributed by atoms with E-state index in [2.05, 4.69) is 35.4 Å². The highest BCUT2D eigenvalue weighted by molar-refractivity contribution is 5.72. The summed E-state index contributed by atoms with van der Waals surface area (Å²) in [6.07, 6.45) is 4.38. The molecule has 0 aromatic heterocycles. The number of nitrogens with two attached hydrogens (primary N) is 1. The highest BCUT2D eigenvalue weighted by Crippen LogP contribution is 2.24. The minimum atomic E-state index is 0. The number of benzene rings is 1. The third-order valence-corrected chi connectivity index (χ3v) is 3.47. The van der Waals surface area contributed by atoms with Crippen molar-refractivity contribution in [1.82, 2.24) is 0 Å². The fraction of sp³-hybridized carbons (Fsp3) is 0.533. The van der Waals surface area contributed by atoms with E-state index in [1.807, 2.05) is 6.34 Å². The standard InChI is InChI=1S/C15H23N3O.2ClH/c1-13-5-6-14-15(11-13)18(12-17-14)9-3-7-16-8-4-10-19-2;;/h5-6,11-12,16H,3-4,7-10H2,1-2H3;2*1H. The summed E-state index contributed by atoms with van der Waals surface area (Å²) < 4.78 is 5.04. The zero-order chi connectivity index (χ0) is 13.5. The minimum absolute atomic E-state index is 0. The first-order chi connectivity index (χ1) is 9.31. The zero-order valence-electron chi connectivity index (χ0n) is 12.7. The van der Waals surface area contributed by atoms with Gasteiger partial charge in [-0.15, -0.1) is 0 Å². The summed E-state index contributed by atoms with van der Waals surface area (Å²) in [4.78, 5) is 5.87. The average Bonchev–Trinajstić information content (AvgIpc) is 2.80. The van der Waals surface area contributed by atoms with Crippen LogP contribution in [0.1, 0.15) is 18.4 Å². The molecule has 0 amide bonds. The molecular formula is C15H25Cl2N3O. The molecule has 2 rings (SSSR count). The van der Waals surface area contributed by atoms with Crippen LogP contribution in [0.5, 0.6) is 0 Å². The minimum Gasteiger partial charge on any atom is -1.00 e. The zero-order valence-corrected chi connectivity index (χ0v) is 14.3. The molecule has 1 atom stereocenters. The van der Waals surface area contributed by atoms with Crippen LogP contribution in [0.3, 0.4) is 0 Å². The van der Waals surface area contributed by atoms with Crippen LogP contribution in [0.25, 0.3) is 0 Å². The monoisotopic (exact) mass is 333 g/mol. The van der Waals surface area contributed by atoms with E-state index < -0.39 is 0 Å². The van der Waals surface area contributed by atoms with Crippen molar-refractivity contribution in [1.29, 1.82) is 0 Å². The molecule has 120 valence electrons.